The predicted octanol–water partition coefficient (Wildman–Crippen LogP) is -23.1. The van der Waals surface area contributed by atoms with Crippen molar-refractivity contribution in [3.8, 4) is 0 Å². The number of hydrogen-bond donors (Lipinski definition) is 34. The van der Waals surface area contributed by atoms with Crippen LogP contribution in [0.3, 0.4) is 0 Å². The molecule has 11 heterocycles. The van der Waals surface area contributed by atoms with Gasteiger partial charge in [0.15, 0.2) is 75.3 Å². The highest BCUT2D eigenvalue weighted by Crippen LogP contribution is 2.43. The predicted molar refractivity (Wildman–Crippen MR) is 419 cm³/mol. The van der Waals surface area contributed by atoms with Crippen molar-refractivity contribution in [2.45, 2.75) is 379 Å². The standard InChI is InChI=1S/C76H125N5O56/c1-16-36(94)47(105)52(110)71(119-16)117-14-29-58(44(102)31(66(116)120-29)77-17(2)89)129-69-34(80-20(5)92)45(103)57(27(12-87)126-69)131-74-55(113)61(59(132-67-32(78-18(3)90)42(100)37(95)22(7-82)121-67)30(128-74)15-118-75-63(49(107)39(97)24(9-84)124-75)136-68-33(79-19(4)91)43(101)38(96)23(8-83)122-68)134-76-64(50(108)40(98)25(10-85)125-76)137-70-35(81-21(6)93)46(104)56(28(13-88)127-70)130-73-54(112)60(41(99)26(11-86)123-73)133-72-53(111)48(106)51(109)62(135-72)65(114)115/h16,22-64,66-76,82-88,94-113,116H,7-15H2,1-6H3,(H,77,89)(H,78,90)(H,79,91)(H,80,92)(H,81,93)(H,114,115)/t16-,22-,23-,24-,25-,26-,27-,28-,29-,30-,31-,32-,33-,34-,35-,36+,37-,38-,39-,40-,41+,42-,43-,44-,45-,46-,47+,48+,49+,50+,51+,52-,53-,54-,55+,56-,57-,58-,59-,60+,61-,62+,63+,64+,66-,67+,68+,69+,70+,71-,72-,73+,74+,75+,76+/m1/s1. The Kier molecular flexibility index (Phi) is 39.9. The normalized spacial score (nSPS) is 48.9. The van der Waals surface area contributed by atoms with Crippen LogP contribution in [-0.2, 0) is 128 Å². The molecule has 34 N–H and O–H groups in total. The summed E-state index contributed by atoms with van der Waals surface area (Å²) in [5.74, 6) is -6.88. The van der Waals surface area contributed by atoms with Crippen LogP contribution in [-0.4, -0.2) is 581 Å². The number of carboxylic acid groups (broad SMARTS) is 1. The van der Waals surface area contributed by atoms with Gasteiger partial charge in [0, 0.05) is 34.6 Å². The molecule has 0 aliphatic carbocycles. The molecule has 0 aromatic rings. The van der Waals surface area contributed by atoms with Crippen molar-refractivity contribution in [2.24, 2.45) is 0 Å². The van der Waals surface area contributed by atoms with E-state index in [1.165, 1.54) is 6.92 Å². The molecule has 0 aromatic heterocycles. The average molecular weight is 2000 g/mol. The molecule has 790 valence electrons. The van der Waals surface area contributed by atoms with Gasteiger partial charge < -0.3 is 274 Å². The summed E-state index contributed by atoms with van der Waals surface area (Å²) < 4.78 is 127. The SMILES string of the molecule is CC(=O)N[C@@H]1[C@@H](O)[C@H](O[C@@H]2O[C@H](CO)[C@@H](O[C@@H]3O[C@H](CO[C@H]4O[C@H](CO)[C@@H](O)[C@H](O)[C@@H]4O[C@@H]4O[C@H](CO)[C@@H](O)[C@H](O)[C@H]4NC(C)=O)[C@@H](O[C@@H]4O[C@H](CO)[C@@H](O)[C@H](O)[C@H]4NC(C)=O)[C@H](O[C@@H]4O[C@H](CO)[C@@H](O)[C@H](O)[C@@H]4O[C@@H]4O[C@H](CO)[C@@H](O[C@@H]5O[C@H](CO)[C@H](O)[C@H](O[C@@H]6O[C@H](C(=O)O)[C@@H](O)[C@H](O)[C@H]6O)[C@H]5O)[C@H](O)[C@H]4NC(C)=O)[C@@H]3O)[C@H](O)[C@H]2NC(C)=O)[C@@H](CO[C@@H]2O[C@H](C)[C@H](O)[C@H](O)[C@H]2O)O[C@H]1O. The van der Waals surface area contributed by atoms with E-state index in [-0.39, 0.29) is 0 Å². The Bertz CT molecular complexity index is 3860. The highest BCUT2D eigenvalue weighted by Gasteiger charge is 2.64. The Labute approximate surface area is 774 Å². The number of nitrogens with one attached hydrogen (secondary N) is 5. The first-order valence-electron chi connectivity index (χ1n) is 43.5. The third kappa shape index (κ3) is 25.0. The highest BCUT2D eigenvalue weighted by molar-refractivity contribution is 5.75. The van der Waals surface area contributed by atoms with Crippen LogP contribution >= 0.6 is 0 Å². The maximum absolute atomic E-state index is 13.5. The van der Waals surface area contributed by atoms with Gasteiger partial charge in [0.2, 0.25) is 29.5 Å². The lowest BCUT2D eigenvalue weighted by Gasteiger charge is -2.52. The molecular formula is C76H125N5O56. The maximum Gasteiger partial charge on any atom is 0.335 e. The van der Waals surface area contributed by atoms with Crippen molar-refractivity contribution < 1.29 is 276 Å². The number of hydrogen-bond acceptors (Lipinski definition) is 55. The van der Waals surface area contributed by atoms with Crippen molar-refractivity contribution in [3.63, 3.8) is 0 Å². The molecule has 0 radical (unpaired) electrons. The number of aliphatic hydroxyl groups excluding tert-OH is 28. The number of rotatable bonds is 35. The molecule has 61 nitrogen and oxygen atoms in total. The van der Waals surface area contributed by atoms with E-state index in [1.807, 2.05) is 0 Å². The molecule has 0 bridgehead atoms. The summed E-state index contributed by atoms with van der Waals surface area (Å²) in [6.45, 7) is -5.15. The first-order valence-corrected chi connectivity index (χ1v) is 43.5. The Morgan fingerprint density at radius 1 is 0.226 bits per heavy atom. The van der Waals surface area contributed by atoms with Crippen molar-refractivity contribution in [1.82, 2.24) is 26.6 Å². The Hall–Kier alpha value is -5.14. The third-order valence-corrected chi connectivity index (χ3v) is 24.9. The molecule has 11 fully saturated rings. The van der Waals surface area contributed by atoms with Crippen LogP contribution in [0, 0.1) is 0 Å². The molecule has 0 saturated carbocycles. The van der Waals surface area contributed by atoms with Gasteiger partial charge >= 0.3 is 5.97 Å². The Morgan fingerprint density at radius 3 is 0.942 bits per heavy atom. The van der Waals surface area contributed by atoms with Gasteiger partial charge in [-0.2, -0.15) is 0 Å². The Balaban J connectivity index is 1.00. The molecule has 55 atom stereocenters. The van der Waals surface area contributed by atoms with E-state index in [1.54, 1.807) is 0 Å². The number of carboxylic acids is 1. The van der Waals surface area contributed by atoms with E-state index < -0.39 is 432 Å². The van der Waals surface area contributed by atoms with E-state index in [0.717, 1.165) is 34.6 Å². The second kappa shape index (κ2) is 48.7. The van der Waals surface area contributed by atoms with Crippen molar-refractivity contribution in [2.75, 3.05) is 59.5 Å². The van der Waals surface area contributed by atoms with Gasteiger partial charge in [0.05, 0.1) is 65.6 Å². The first kappa shape index (κ1) is 112. The smallest absolute Gasteiger partial charge is 0.335 e. The van der Waals surface area contributed by atoms with Crippen LogP contribution in [0.2, 0.25) is 0 Å². The fourth-order valence-electron chi connectivity index (χ4n) is 17.6. The zero-order valence-corrected chi connectivity index (χ0v) is 73.6. The molecule has 0 aromatic carbocycles. The van der Waals surface area contributed by atoms with Crippen LogP contribution in [0.5, 0.6) is 0 Å². The molecule has 137 heavy (non-hydrogen) atoms. The van der Waals surface area contributed by atoms with Gasteiger partial charge in [-0.3, -0.25) is 24.0 Å². The van der Waals surface area contributed by atoms with Crippen LogP contribution in [0.15, 0.2) is 0 Å². The fraction of sp³-hybridized carbons (Fsp3) is 0.921. The molecule has 5 amide bonds. The Morgan fingerprint density at radius 2 is 0.511 bits per heavy atom. The van der Waals surface area contributed by atoms with Crippen molar-refractivity contribution in [3.05, 3.63) is 0 Å². The minimum atomic E-state index is -2.84. The fourth-order valence-corrected chi connectivity index (χ4v) is 17.6. The molecular weight excluding hydrogens is 1880 g/mol. The zero-order chi connectivity index (χ0) is 101. The van der Waals surface area contributed by atoms with Crippen LogP contribution < -0.4 is 26.6 Å². The van der Waals surface area contributed by atoms with Gasteiger partial charge in [0.25, 0.3) is 0 Å². The van der Waals surface area contributed by atoms with Gasteiger partial charge in [-0.15, -0.1) is 0 Å². The number of amides is 5. The highest BCUT2D eigenvalue weighted by atomic mass is 16.8. The molecule has 11 rings (SSSR count). The summed E-state index contributed by atoms with van der Waals surface area (Å²) in [6.07, 6.45) is -111. The topological polar surface area (TPSA) is 943 Å². The quantitative estimate of drug-likeness (QED) is 0.0280. The average Bonchev–Trinajstić information content (AvgIpc) is 0.749. The van der Waals surface area contributed by atoms with Gasteiger partial charge in [-0.05, 0) is 6.92 Å². The van der Waals surface area contributed by atoms with Crippen molar-refractivity contribution >= 4 is 35.5 Å². The lowest BCUT2D eigenvalue weighted by molar-refractivity contribution is -0.409. The van der Waals surface area contributed by atoms with E-state index in [4.69, 9.17) is 99.5 Å². The van der Waals surface area contributed by atoms with E-state index in [2.05, 4.69) is 26.6 Å². The maximum atomic E-state index is 13.5. The summed E-state index contributed by atoms with van der Waals surface area (Å²) in [6, 6.07) is -10.1. The number of aliphatic hydroxyl groups is 28. The number of carbonyl (C=O) groups is 6. The van der Waals surface area contributed by atoms with Crippen molar-refractivity contribution in [1.29, 1.82) is 0 Å². The van der Waals surface area contributed by atoms with Gasteiger partial charge in [0.1, 0.15) is 256 Å². The minimum absolute atomic E-state index is 0.845. The monoisotopic (exact) mass is 2000 g/mol. The first-order chi connectivity index (χ1) is 64.7. The van der Waals surface area contributed by atoms with Gasteiger partial charge in [-0.1, -0.05) is 0 Å². The molecule has 0 spiro atoms. The zero-order valence-electron chi connectivity index (χ0n) is 73.6. The van der Waals surface area contributed by atoms with E-state index >= 15 is 0 Å². The van der Waals surface area contributed by atoms with Crippen LogP contribution in [0.1, 0.15) is 41.5 Å². The van der Waals surface area contributed by atoms with Crippen LogP contribution in [0.4, 0.5) is 0 Å². The molecule has 0 unspecified atom stereocenters. The molecule has 11 saturated heterocycles. The molecule has 11 aliphatic rings. The van der Waals surface area contributed by atoms with Gasteiger partial charge in [-0.25, -0.2) is 4.79 Å². The third-order valence-electron chi connectivity index (χ3n) is 24.9. The molecule has 11 aliphatic heterocycles. The van der Waals surface area contributed by atoms with E-state index in [9.17, 15) is 177 Å². The second-order valence-electron chi connectivity index (χ2n) is 34.6. The molecule has 61 heteroatoms. The summed E-state index contributed by atoms with van der Waals surface area (Å²) in [7, 11) is 0. The van der Waals surface area contributed by atoms with E-state index in [0.29, 0.717) is 0 Å². The summed E-state index contributed by atoms with van der Waals surface area (Å²) in [5, 5.41) is 339. The second-order valence-corrected chi connectivity index (χ2v) is 34.6. The number of aliphatic carboxylic acids is 1. The largest absolute Gasteiger partial charge is 0.479 e. The minimum Gasteiger partial charge on any atom is -0.479 e. The summed E-state index contributed by atoms with van der Waals surface area (Å²) in [5.41, 5.74) is 0. The van der Waals surface area contributed by atoms with Crippen LogP contribution in [0.25, 0.3) is 0 Å². The summed E-state index contributed by atoms with van der Waals surface area (Å²) >= 11 is 0. The number of carbonyl (C=O) groups excluding carboxylic acids is 5. The number of ether oxygens (including phenoxy) is 21. The summed E-state index contributed by atoms with van der Waals surface area (Å²) in [4.78, 5) is 77.5. The lowest BCUT2D eigenvalue weighted by atomic mass is 9.93. The lowest BCUT2D eigenvalue weighted by Crippen LogP contribution is -2.72.